The van der Waals surface area contributed by atoms with Crippen LogP contribution in [0.4, 0.5) is 11.6 Å². The summed E-state index contributed by atoms with van der Waals surface area (Å²) in [5.74, 6) is 2.60. The predicted octanol–water partition coefficient (Wildman–Crippen LogP) is 4.79. The van der Waals surface area contributed by atoms with E-state index in [0.717, 1.165) is 92.3 Å². The number of rotatable bonds is 10. The fourth-order valence-corrected chi connectivity index (χ4v) is 6.18. The van der Waals surface area contributed by atoms with Crippen LogP contribution in [-0.4, -0.2) is 64.1 Å². The van der Waals surface area contributed by atoms with Crippen LogP contribution in [0.15, 0.2) is 30.5 Å². The van der Waals surface area contributed by atoms with Gasteiger partial charge in [0.1, 0.15) is 11.6 Å². The Kier molecular flexibility index (Phi) is 8.20. The second-order valence-electron chi connectivity index (χ2n) is 11.9. The Morgan fingerprint density at radius 1 is 1.10 bits per heavy atom. The summed E-state index contributed by atoms with van der Waals surface area (Å²) in [5.41, 5.74) is 4.27. The summed E-state index contributed by atoms with van der Waals surface area (Å²) in [6.45, 7) is 4.52. The first-order valence-corrected chi connectivity index (χ1v) is 15.1. The average Bonchev–Trinajstić information content (AvgIpc) is 3.70. The Hall–Kier alpha value is -3.17. The van der Waals surface area contributed by atoms with E-state index < -0.39 is 0 Å². The lowest BCUT2D eigenvalue weighted by Crippen LogP contribution is -2.34. The Labute approximate surface area is 236 Å². The van der Waals surface area contributed by atoms with E-state index in [1.807, 2.05) is 41.9 Å². The number of aliphatic hydroxyl groups is 1. The molecule has 0 bridgehead atoms. The number of nitrogens with zero attached hydrogens (tertiary/aromatic N) is 3. The smallest absolute Gasteiger partial charge is 0.251 e. The monoisotopic (exact) mass is 546 g/mol. The van der Waals surface area contributed by atoms with E-state index in [1.54, 1.807) is 0 Å². The van der Waals surface area contributed by atoms with Gasteiger partial charge in [-0.25, -0.2) is 4.98 Å². The number of fused-ring (bicyclic) bond motifs is 1. The van der Waals surface area contributed by atoms with Crippen molar-refractivity contribution in [2.75, 3.05) is 37.0 Å². The molecule has 214 valence electrons. The van der Waals surface area contributed by atoms with Crippen molar-refractivity contribution in [3.63, 3.8) is 0 Å². The summed E-state index contributed by atoms with van der Waals surface area (Å²) in [5, 5.41) is 25.3. The maximum Gasteiger partial charge on any atom is 0.251 e. The van der Waals surface area contributed by atoms with Crippen LogP contribution in [0, 0.1) is 18.8 Å². The number of aliphatic hydroxyl groups excluding tert-OH is 1. The molecule has 3 aromatic rings. The summed E-state index contributed by atoms with van der Waals surface area (Å²) in [6, 6.07) is 8.25. The number of amides is 1. The fraction of sp³-hybridized carbons (Fsp3) is 0.581. The molecule has 2 aliphatic carbocycles. The summed E-state index contributed by atoms with van der Waals surface area (Å²) in [6.07, 6.45) is 12.1. The molecule has 3 fully saturated rings. The summed E-state index contributed by atoms with van der Waals surface area (Å²) in [7, 11) is 0. The van der Waals surface area contributed by atoms with Gasteiger partial charge in [-0.15, -0.1) is 0 Å². The molecule has 40 heavy (non-hydrogen) atoms. The molecule has 0 radical (unpaired) electrons. The van der Waals surface area contributed by atoms with E-state index in [0.29, 0.717) is 23.4 Å². The van der Waals surface area contributed by atoms with E-state index >= 15 is 0 Å². The zero-order valence-electron chi connectivity index (χ0n) is 23.5. The molecule has 1 saturated heterocycles. The van der Waals surface area contributed by atoms with Crippen LogP contribution < -0.4 is 16.0 Å². The molecular formula is C31H42N6O3. The normalized spacial score (nSPS) is 19.4. The van der Waals surface area contributed by atoms with Crippen molar-refractivity contribution in [1.29, 1.82) is 0 Å². The van der Waals surface area contributed by atoms with Crippen LogP contribution in [0.1, 0.15) is 73.7 Å². The molecule has 2 aromatic heterocycles. The maximum atomic E-state index is 12.7. The maximum absolute atomic E-state index is 12.7. The molecule has 9 nitrogen and oxygen atoms in total. The Morgan fingerprint density at radius 2 is 1.90 bits per heavy atom. The lowest BCUT2D eigenvalue weighted by atomic mass is 9.84. The van der Waals surface area contributed by atoms with Gasteiger partial charge >= 0.3 is 0 Å². The Balaban J connectivity index is 1.31. The first-order chi connectivity index (χ1) is 19.6. The number of hydrogen-bond donors (Lipinski definition) is 4. The predicted molar refractivity (Wildman–Crippen MR) is 157 cm³/mol. The third kappa shape index (κ3) is 6.10. The average molecular weight is 547 g/mol. The van der Waals surface area contributed by atoms with Crippen molar-refractivity contribution >= 4 is 23.2 Å². The quantitative estimate of drug-likeness (QED) is 0.289. The lowest BCUT2D eigenvalue weighted by Gasteiger charge is -2.30. The number of ether oxygens (including phenoxy) is 1. The van der Waals surface area contributed by atoms with Crippen molar-refractivity contribution < 1.29 is 14.6 Å². The zero-order chi connectivity index (χ0) is 27.5. The Morgan fingerprint density at radius 3 is 2.62 bits per heavy atom. The van der Waals surface area contributed by atoms with Gasteiger partial charge in [-0.3, -0.25) is 4.79 Å². The highest BCUT2D eigenvalue weighted by Gasteiger charge is 2.26. The number of nitrogens with one attached hydrogen (secondary N) is 3. The molecule has 3 heterocycles. The molecule has 1 atom stereocenters. The first kappa shape index (κ1) is 27.0. The Bertz CT molecular complexity index is 1320. The number of aromatic nitrogens is 3. The number of carbonyl (C=O) groups excluding carboxylic acids is 1. The lowest BCUT2D eigenvalue weighted by molar-refractivity contribution is 0.0699. The van der Waals surface area contributed by atoms with E-state index in [-0.39, 0.29) is 18.6 Å². The minimum atomic E-state index is -0.0310. The van der Waals surface area contributed by atoms with Gasteiger partial charge in [-0.05, 0) is 74.5 Å². The van der Waals surface area contributed by atoms with Crippen molar-refractivity contribution in [2.24, 2.45) is 11.8 Å². The van der Waals surface area contributed by atoms with Crippen LogP contribution in [0.3, 0.4) is 0 Å². The third-order valence-electron chi connectivity index (χ3n) is 8.83. The minimum Gasteiger partial charge on any atom is -0.394 e. The van der Waals surface area contributed by atoms with Crippen LogP contribution in [0.2, 0.25) is 0 Å². The van der Waals surface area contributed by atoms with Crippen LogP contribution in [0.25, 0.3) is 16.8 Å². The number of benzene rings is 1. The van der Waals surface area contributed by atoms with Gasteiger partial charge in [-0.1, -0.05) is 31.4 Å². The van der Waals surface area contributed by atoms with Crippen LogP contribution >= 0.6 is 0 Å². The zero-order valence-corrected chi connectivity index (χ0v) is 23.5. The number of aryl methyl sites for hydroxylation is 1. The van der Waals surface area contributed by atoms with Gasteiger partial charge in [0.05, 0.1) is 18.8 Å². The topological polar surface area (TPSA) is 113 Å². The highest BCUT2D eigenvalue weighted by atomic mass is 16.5. The second kappa shape index (κ2) is 12.1. The van der Waals surface area contributed by atoms with Crippen molar-refractivity contribution in [2.45, 2.75) is 76.8 Å². The molecule has 2 saturated carbocycles. The molecule has 6 rings (SSSR count). The highest BCUT2D eigenvalue weighted by molar-refractivity contribution is 5.97. The van der Waals surface area contributed by atoms with E-state index in [2.05, 4.69) is 16.0 Å². The fourth-order valence-electron chi connectivity index (χ4n) is 6.18. The van der Waals surface area contributed by atoms with E-state index in [1.165, 1.54) is 19.3 Å². The number of carbonyl (C=O) groups is 1. The largest absolute Gasteiger partial charge is 0.394 e. The molecule has 9 heteroatoms. The van der Waals surface area contributed by atoms with Gasteiger partial charge in [0.2, 0.25) is 0 Å². The van der Waals surface area contributed by atoms with Crippen molar-refractivity contribution in [3.05, 3.63) is 41.6 Å². The van der Waals surface area contributed by atoms with E-state index in [9.17, 15) is 9.90 Å². The van der Waals surface area contributed by atoms with Gasteiger partial charge in [-0.2, -0.15) is 9.61 Å². The van der Waals surface area contributed by atoms with Gasteiger partial charge in [0, 0.05) is 43.0 Å². The van der Waals surface area contributed by atoms with Crippen LogP contribution in [0.5, 0.6) is 0 Å². The first-order valence-electron chi connectivity index (χ1n) is 15.1. The van der Waals surface area contributed by atoms with Crippen molar-refractivity contribution in [3.8, 4) is 11.1 Å². The third-order valence-corrected chi connectivity index (χ3v) is 8.83. The van der Waals surface area contributed by atoms with Gasteiger partial charge in [0.15, 0.2) is 5.65 Å². The summed E-state index contributed by atoms with van der Waals surface area (Å²) in [4.78, 5) is 17.7. The van der Waals surface area contributed by atoms with Crippen LogP contribution in [-0.2, 0) is 4.74 Å². The summed E-state index contributed by atoms with van der Waals surface area (Å²) < 4.78 is 7.42. The van der Waals surface area contributed by atoms with Crippen molar-refractivity contribution in [1.82, 2.24) is 19.9 Å². The molecule has 1 aliphatic heterocycles. The molecule has 4 N–H and O–H groups in total. The minimum absolute atomic E-state index is 0.00613. The molecule has 0 spiro atoms. The standard InChI is InChI=1S/C31H42N6O3/c1-20-15-23(7-10-25(20)31(39)34-24-8-9-24)26-18-33-37-29(32-17-21-11-13-40-14-12-21)16-28(36-30(26)37)35-27(19-38)22-5-3-2-4-6-22/h7,10,15-16,18,21-22,24,27,32,38H,2-6,8-9,11-14,17,19H2,1H3,(H,34,39)(H,35,36)/t27-/m1/s1. The molecule has 1 aromatic carbocycles. The highest BCUT2D eigenvalue weighted by Crippen LogP contribution is 2.32. The molecule has 0 unspecified atom stereocenters. The SMILES string of the molecule is Cc1cc(-c2cnn3c(NCC4CCOCC4)cc(N[C@H](CO)C4CCCCC4)nc23)ccc1C(=O)NC1CC1. The number of hydrogen-bond acceptors (Lipinski definition) is 7. The molecular weight excluding hydrogens is 504 g/mol. The second-order valence-corrected chi connectivity index (χ2v) is 11.9. The number of anilines is 2. The van der Waals surface area contributed by atoms with E-state index in [4.69, 9.17) is 14.8 Å². The summed E-state index contributed by atoms with van der Waals surface area (Å²) >= 11 is 0. The van der Waals surface area contributed by atoms with Gasteiger partial charge in [0.25, 0.3) is 5.91 Å². The molecule has 3 aliphatic rings. The van der Waals surface area contributed by atoms with Gasteiger partial charge < -0.3 is 25.8 Å². The molecule has 1 amide bonds.